The average molecular weight is 400 g/mol. The zero-order valence-corrected chi connectivity index (χ0v) is 16.4. The maximum Gasteiger partial charge on any atom is 0.260 e. The van der Waals surface area contributed by atoms with E-state index in [2.05, 4.69) is 10.1 Å². The third-order valence-electron chi connectivity index (χ3n) is 4.12. The fourth-order valence-corrected chi connectivity index (χ4v) is 2.82. The highest BCUT2D eigenvalue weighted by Gasteiger charge is 2.16. The van der Waals surface area contributed by atoms with Crippen LogP contribution in [0.25, 0.3) is 11.4 Å². The first-order valence-corrected chi connectivity index (χ1v) is 9.57. The normalized spacial score (nSPS) is 10.6. The first kappa shape index (κ1) is 19.9. The van der Waals surface area contributed by atoms with Crippen molar-refractivity contribution >= 4 is 17.5 Å². The second-order valence-electron chi connectivity index (χ2n) is 6.25. The van der Waals surface area contributed by atoms with Crippen molar-refractivity contribution in [3.63, 3.8) is 0 Å². The fraction of sp³-hybridized carbons (Fsp3) is 0.286. The Bertz CT molecular complexity index is 881. The van der Waals surface area contributed by atoms with Crippen molar-refractivity contribution in [1.82, 2.24) is 15.0 Å². The molecule has 28 heavy (non-hydrogen) atoms. The monoisotopic (exact) mass is 399 g/mol. The van der Waals surface area contributed by atoms with Gasteiger partial charge in [-0.2, -0.15) is 4.98 Å². The van der Waals surface area contributed by atoms with Gasteiger partial charge in [-0.05, 0) is 30.7 Å². The molecule has 2 aromatic carbocycles. The molecule has 3 rings (SSSR count). The van der Waals surface area contributed by atoms with Crippen LogP contribution in [0.4, 0.5) is 0 Å². The van der Waals surface area contributed by atoms with E-state index in [4.69, 9.17) is 20.9 Å². The number of hydrogen-bond donors (Lipinski definition) is 0. The van der Waals surface area contributed by atoms with E-state index in [9.17, 15) is 4.79 Å². The van der Waals surface area contributed by atoms with Crippen molar-refractivity contribution in [2.24, 2.45) is 0 Å². The molecular formula is C21H22ClN3O3. The molecule has 0 fully saturated rings. The lowest BCUT2D eigenvalue weighted by Crippen LogP contribution is -2.37. The van der Waals surface area contributed by atoms with Crippen LogP contribution in [0.15, 0.2) is 59.1 Å². The van der Waals surface area contributed by atoms with Gasteiger partial charge in [-0.25, -0.2) is 0 Å². The molecule has 1 aromatic heterocycles. The number of halogens is 1. The van der Waals surface area contributed by atoms with E-state index in [1.165, 1.54) is 0 Å². The van der Waals surface area contributed by atoms with Gasteiger partial charge in [0.25, 0.3) is 5.91 Å². The van der Waals surface area contributed by atoms with Crippen molar-refractivity contribution in [3.05, 3.63) is 65.5 Å². The predicted molar refractivity (Wildman–Crippen MR) is 107 cm³/mol. The summed E-state index contributed by atoms with van der Waals surface area (Å²) in [6.07, 6.45) is 1.35. The summed E-state index contributed by atoms with van der Waals surface area (Å²) in [5.74, 6) is 1.58. The third-order valence-corrected chi connectivity index (χ3v) is 4.37. The Labute approximate surface area is 169 Å². The molecule has 0 N–H and O–H groups in total. The van der Waals surface area contributed by atoms with Crippen LogP contribution in [0.1, 0.15) is 19.2 Å². The number of amides is 1. The Hall–Kier alpha value is -2.86. The number of ether oxygens (including phenoxy) is 1. The number of hydrogen-bond acceptors (Lipinski definition) is 5. The Morgan fingerprint density at radius 3 is 2.57 bits per heavy atom. The summed E-state index contributed by atoms with van der Waals surface area (Å²) in [6, 6.07) is 16.6. The van der Waals surface area contributed by atoms with Crippen LogP contribution in [0.5, 0.6) is 5.75 Å². The molecule has 0 radical (unpaired) electrons. The van der Waals surface area contributed by atoms with Gasteiger partial charge in [0.2, 0.25) is 11.7 Å². The van der Waals surface area contributed by atoms with Gasteiger partial charge >= 0.3 is 0 Å². The van der Waals surface area contributed by atoms with Gasteiger partial charge in [0.15, 0.2) is 6.61 Å². The molecule has 146 valence electrons. The van der Waals surface area contributed by atoms with Gasteiger partial charge in [0.1, 0.15) is 5.75 Å². The number of carbonyl (C=O) groups excluding carboxylic acids is 1. The summed E-state index contributed by atoms with van der Waals surface area (Å²) >= 11 is 5.86. The number of benzene rings is 2. The Balaban J connectivity index is 1.54. The number of rotatable bonds is 9. The van der Waals surface area contributed by atoms with Crippen LogP contribution in [0.3, 0.4) is 0 Å². The van der Waals surface area contributed by atoms with E-state index in [-0.39, 0.29) is 12.5 Å². The van der Waals surface area contributed by atoms with Gasteiger partial charge in [-0.3, -0.25) is 4.79 Å². The minimum atomic E-state index is -0.0837. The first-order chi connectivity index (χ1) is 13.7. The zero-order chi connectivity index (χ0) is 19.8. The van der Waals surface area contributed by atoms with Gasteiger partial charge in [0.05, 0.1) is 0 Å². The highest BCUT2D eigenvalue weighted by molar-refractivity contribution is 6.30. The molecule has 0 saturated heterocycles. The topological polar surface area (TPSA) is 68.5 Å². The Kier molecular flexibility index (Phi) is 7.03. The summed E-state index contributed by atoms with van der Waals surface area (Å²) in [7, 11) is 0. The zero-order valence-electron chi connectivity index (χ0n) is 15.7. The van der Waals surface area contributed by atoms with Gasteiger partial charge < -0.3 is 14.2 Å². The van der Waals surface area contributed by atoms with Crippen molar-refractivity contribution in [2.45, 2.75) is 19.8 Å². The largest absolute Gasteiger partial charge is 0.484 e. The van der Waals surface area contributed by atoms with E-state index < -0.39 is 0 Å². The van der Waals surface area contributed by atoms with E-state index >= 15 is 0 Å². The molecule has 1 amide bonds. The molecule has 0 aliphatic rings. The summed E-state index contributed by atoms with van der Waals surface area (Å²) < 4.78 is 10.9. The molecular weight excluding hydrogens is 378 g/mol. The molecule has 7 heteroatoms. The second kappa shape index (κ2) is 9.90. The minimum Gasteiger partial charge on any atom is -0.484 e. The molecule has 0 bridgehead atoms. The maximum absolute atomic E-state index is 12.5. The minimum absolute atomic E-state index is 0.0271. The lowest BCUT2D eigenvalue weighted by Gasteiger charge is -2.21. The standard InChI is InChI=1S/C21H22ClN3O3/c1-2-13-25(20(26)15-27-18-10-8-17(22)9-11-18)14-12-19-23-21(24-28-19)16-6-4-3-5-7-16/h3-11H,2,12-15H2,1H3. The lowest BCUT2D eigenvalue weighted by atomic mass is 10.2. The fourth-order valence-electron chi connectivity index (χ4n) is 2.69. The van der Waals surface area contributed by atoms with E-state index in [0.29, 0.717) is 42.0 Å². The van der Waals surface area contributed by atoms with E-state index in [0.717, 1.165) is 12.0 Å². The molecule has 0 unspecified atom stereocenters. The Morgan fingerprint density at radius 1 is 1.11 bits per heavy atom. The first-order valence-electron chi connectivity index (χ1n) is 9.20. The highest BCUT2D eigenvalue weighted by Crippen LogP contribution is 2.16. The van der Waals surface area contributed by atoms with Crippen molar-refractivity contribution in [1.29, 1.82) is 0 Å². The molecule has 0 spiro atoms. The molecule has 3 aromatic rings. The number of nitrogens with zero attached hydrogens (tertiary/aromatic N) is 3. The molecule has 0 saturated carbocycles. The molecule has 1 heterocycles. The molecule has 0 atom stereocenters. The van der Waals surface area contributed by atoms with Crippen LogP contribution >= 0.6 is 11.6 Å². The second-order valence-corrected chi connectivity index (χ2v) is 6.69. The van der Waals surface area contributed by atoms with Crippen LogP contribution in [0.2, 0.25) is 5.02 Å². The summed E-state index contributed by atoms with van der Waals surface area (Å²) in [5.41, 5.74) is 0.898. The lowest BCUT2D eigenvalue weighted by molar-refractivity contribution is -0.133. The van der Waals surface area contributed by atoms with Crippen LogP contribution in [-0.4, -0.2) is 40.6 Å². The molecule has 6 nitrogen and oxygen atoms in total. The summed E-state index contributed by atoms with van der Waals surface area (Å²) in [4.78, 5) is 18.7. The van der Waals surface area contributed by atoms with Crippen molar-refractivity contribution in [2.75, 3.05) is 19.7 Å². The smallest absolute Gasteiger partial charge is 0.260 e. The quantitative estimate of drug-likeness (QED) is 0.538. The molecule has 0 aliphatic heterocycles. The van der Waals surface area contributed by atoms with Gasteiger partial charge in [0, 0.05) is 30.1 Å². The van der Waals surface area contributed by atoms with Crippen LogP contribution in [0, 0.1) is 0 Å². The maximum atomic E-state index is 12.5. The summed E-state index contributed by atoms with van der Waals surface area (Å²) in [6.45, 7) is 3.14. The van der Waals surface area contributed by atoms with Crippen molar-refractivity contribution < 1.29 is 14.1 Å². The van der Waals surface area contributed by atoms with Crippen LogP contribution < -0.4 is 4.74 Å². The van der Waals surface area contributed by atoms with E-state index in [1.807, 2.05) is 37.3 Å². The SMILES string of the molecule is CCCN(CCc1nc(-c2ccccc2)no1)C(=O)COc1ccc(Cl)cc1. The number of carbonyl (C=O) groups is 1. The van der Waals surface area contributed by atoms with E-state index in [1.54, 1.807) is 29.2 Å². The van der Waals surface area contributed by atoms with Crippen molar-refractivity contribution in [3.8, 4) is 17.1 Å². The predicted octanol–water partition coefficient (Wildman–Crippen LogP) is 4.25. The third kappa shape index (κ3) is 5.57. The average Bonchev–Trinajstić information content (AvgIpc) is 3.20. The highest BCUT2D eigenvalue weighted by atomic mass is 35.5. The summed E-state index contributed by atoms with van der Waals surface area (Å²) in [5, 5.41) is 4.64. The van der Waals surface area contributed by atoms with Crippen LogP contribution in [-0.2, 0) is 11.2 Å². The van der Waals surface area contributed by atoms with Gasteiger partial charge in [-0.1, -0.05) is 54.0 Å². The molecule has 0 aliphatic carbocycles. The Morgan fingerprint density at radius 2 is 1.86 bits per heavy atom. The van der Waals surface area contributed by atoms with Gasteiger partial charge in [-0.15, -0.1) is 0 Å². The number of aromatic nitrogens is 2.